The average molecular weight is 447 g/mol. The van der Waals surface area contributed by atoms with Crippen LogP contribution in [0.5, 0.6) is 0 Å². The third-order valence-corrected chi connectivity index (χ3v) is 7.46. The number of rotatable bonds is 6. The summed E-state index contributed by atoms with van der Waals surface area (Å²) in [5, 5.41) is 2.72. The molecule has 0 atom stereocenters. The number of aromatic nitrogens is 2. The van der Waals surface area contributed by atoms with E-state index in [1.807, 2.05) is 65.2 Å². The van der Waals surface area contributed by atoms with E-state index in [-0.39, 0.29) is 18.2 Å². The van der Waals surface area contributed by atoms with Crippen molar-refractivity contribution in [2.24, 2.45) is 0 Å². The second-order valence-corrected chi connectivity index (χ2v) is 9.69. The first kappa shape index (κ1) is 20.3. The van der Waals surface area contributed by atoms with Gasteiger partial charge in [-0.1, -0.05) is 30.3 Å². The van der Waals surface area contributed by atoms with E-state index in [1.54, 1.807) is 18.5 Å². The monoisotopic (exact) mass is 446 g/mol. The molecule has 0 unspecified atom stereocenters. The van der Waals surface area contributed by atoms with E-state index in [9.17, 15) is 13.2 Å². The van der Waals surface area contributed by atoms with Gasteiger partial charge in [-0.25, -0.2) is 13.4 Å². The van der Waals surface area contributed by atoms with Gasteiger partial charge in [0, 0.05) is 24.3 Å². The van der Waals surface area contributed by atoms with Crippen LogP contribution in [0, 0.1) is 0 Å². The van der Waals surface area contributed by atoms with Gasteiger partial charge in [-0.3, -0.25) is 13.7 Å². The number of para-hydroxylation sites is 3. The second kappa shape index (κ2) is 8.12. The summed E-state index contributed by atoms with van der Waals surface area (Å²) in [5.41, 5.74) is 5.02. The molecule has 1 aromatic heterocycles. The number of nitrogens with zero attached hydrogens (tertiary/aromatic N) is 3. The number of nitrogens with one attached hydrogen (secondary N) is 1. The SMILES string of the molecule is O=C(NCCS(=O)(=O)N1CCc2ccccc21)c1ccc(-n2cnc3ccccc32)cc1. The third-order valence-electron chi connectivity index (χ3n) is 5.69. The van der Waals surface area contributed by atoms with Gasteiger partial charge in [0.05, 0.1) is 22.5 Å². The summed E-state index contributed by atoms with van der Waals surface area (Å²) in [6.07, 6.45) is 2.46. The minimum Gasteiger partial charge on any atom is -0.351 e. The molecule has 7 nitrogen and oxygen atoms in total. The maximum Gasteiger partial charge on any atom is 0.251 e. The van der Waals surface area contributed by atoms with Crippen LogP contribution in [0.1, 0.15) is 15.9 Å². The summed E-state index contributed by atoms with van der Waals surface area (Å²) in [6.45, 7) is 0.494. The Morgan fingerprint density at radius 2 is 1.72 bits per heavy atom. The minimum atomic E-state index is -3.50. The van der Waals surface area contributed by atoms with Crippen LogP contribution in [0.15, 0.2) is 79.1 Å². The van der Waals surface area contributed by atoms with Gasteiger partial charge in [-0.05, 0) is 54.4 Å². The first-order chi connectivity index (χ1) is 15.5. The van der Waals surface area contributed by atoms with Crippen molar-refractivity contribution in [2.75, 3.05) is 23.1 Å². The number of anilines is 1. The largest absolute Gasteiger partial charge is 0.351 e. The van der Waals surface area contributed by atoms with Crippen molar-refractivity contribution in [3.8, 4) is 5.69 Å². The van der Waals surface area contributed by atoms with Crippen LogP contribution in [0.3, 0.4) is 0 Å². The molecule has 0 spiro atoms. The van der Waals surface area contributed by atoms with Crippen LogP contribution in [-0.4, -0.2) is 42.7 Å². The fraction of sp³-hybridized carbons (Fsp3) is 0.167. The number of imidazole rings is 1. The number of fused-ring (bicyclic) bond motifs is 2. The normalized spacial score (nSPS) is 13.3. The number of hydrogen-bond acceptors (Lipinski definition) is 4. The molecule has 4 aromatic rings. The highest BCUT2D eigenvalue weighted by Crippen LogP contribution is 2.29. The Morgan fingerprint density at radius 3 is 2.56 bits per heavy atom. The Bertz CT molecular complexity index is 1390. The first-order valence-corrected chi connectivity index (χ1v) is 12.0. The smallest absolute Gasteiger partial charge is 0.251 e. The Balaban J connectivity index is 1.22. The molecule has 3 aromatic carbocycles. The molecule has 0 fully saturated rings. The number of benzene rings is 3. The van der Waals surface area contributed by atoms with Gasteiger partial charge < -0.3 is 5.32 Å². The molecule has 0 saturated carbocycles. The lowest BCUT2D eigenvalue weighted by atomic mass is 10.2. The molecule has 1 amide bonds. The minimum absolute atomic E-state index is 0.0493. The molecule has 8 heteroatoms. The summed E-state index contributed by atoms with van der Waals surface area (Å²) in [7, 11) is -3.50. The van der Waals surface area contributed by atoms with E-state index < -0.39 is 10.0 Å². The van der Waals surface area contributed by atoms with Crippen molar-refractivity contribution in [3.05, 3.63) is 90.3 Å². The lowest BCUT2D eigenvalue weighted by Gasteiger charge is -2.19. The zero-order chi connectivity index (χ0) is 22.1. The molecule has 32 heavy (non-hydrogen) atoms. The van der Waals surface area contributed by atoms with Gasteiger partial charge in [-0.15, -0.1) is 0 Å². The molecule has 0 aliphatic carbocycles. The van der Waals surface area contributed by atoms with Crippen molar-refractivity contribution >= 4 is 32.7 Å². The van der Waals surface area contributed by atoms with Crippen LogP contribution in [0.2, 0.25) is 0 Å². The van der Waals surface area contributed by atoms with E-state index in [2.05, 4.69) is 10.3 Å². The molecule has 0 saturated heterocycles. The highest BCUT2D eigenvalue weighted by Gasteiger charge is 2.28. The molecule has 0 radical (unpaired) electrons. The van der Waals surface area contributed by atoms with Crippen molar-refractivity contribution in [1.82, 2.24) is 14.9 Å². The highest BCUT2D eigenvalue weighted by atomic mass is 32.2. The summed E-state index contributed by atoms with van der Waals surface area (Å²) >= 11 is 0. The van der Waals surface area contributed by atoms with Gasteiger partial charge in [-0.2, -0.15) is 0 Å². The van der Waals surface area contributed by atoms with Crippen molar-refractivity contribution in [3.63, 3.8) is 0 Å². The van der Waals surface area contributed by atoms with Crippen LogP contribution < -0.4 is 9.62 Å². The van der Waals surface area contributed by atoms with Crippen LogP contribution in [-0.2, 0) is 16.4 Å². The van der Waals surface area contributed by atoms with E-state index >= 15 is 0 Å². The van der Waals surface area contributed by atoms with Gasteiger partial charge in [0.25, 0.3) is 5.91 Å². The van der Waals surface area contributed by atoms with Crippen LogP contribution in [0.25, 0.3) is 16.7 Å². The number of amides is 1. The molecule has 0 bridgehead atoms. The Labute approximate surface area is 186 Å². The molecule has 5 rings (SSSR count). The predicted octanol–water partition coefficient (Wildman–Crippen LogP) is 3.15. The van der Waals surface area contributed by atoms with Crippen LogP contribution >= 0.6 is 0 Å². The van der Waals surface area contributed by atoms with Crippen LogP contribution in [0.4, 0.5) is 5.69 Å². The Kier molecular flexibility index (Phi) is 5.14. The van der Waals surface area contributed by atoms with Gasteiger partial charge >= 0.3 is 0 Å². The summed E-state index contributed by atoms with van der Waals surface area (Å²) in [4.78, 5) is 16.9. The predicted molar refractivity (Wildman–Crippen MR) is 125 cm³/mol. The first-order valence-electron chi connectivity index (χ1n) is 10.4. The Morgan fingerprint density at radius 1 is 0.969 bits per heavy atom. The quantitative estimate of drug-likeness (QED) is 0.493. The van der Waals surface area contributed by atoms with Gasteiger partial charge in [0.1, 0.15) is 6.33 Å². The number of carbonyl (C=O) groups excluding carboxylic acids is 1. The zero-order valence-corrected chi connectivity index (χ0v) is 18.1. The fourth-order valence-electron chi connectivity index (χ4n) is 4.04. The van der Waals surface area contributed by atoms with Crippen molar-refractivity contribution in [1.29, 1.82) is 0 Å². The molecule has 1 aliphatic heterocycles. The van der Waals surface area contributed by atoms with E-state index in [4.69, 9.17) is 0 Å². The number of hydrogen-bond donors (Lipinski definition) is 1. The molecule has 1 N–H and O–H groups in total. The van der Waals surface area contributed by atoms with Crippen molar-refractivity contribution in [2.45, 2.75) is 6.42 Å². The summed E-state index contributed by atoms with van der Waals surface area (Å²) < 4.78 is 28.9. The second-order valence-electron chi connectivity index (χ2n) is 7.67. The topological polar surface area (TPSA) is 84.3 Å². The fourth-order valence-corrected chi connectivity index (χ4v) is 5.47. The number of sulfonamides is 1. The average Bonchev–Trinajstić information content (AvgIpc) is 3.44. The summed E-state index contributed by atoms with van der Waals surface area (Å²) in [5.74, 6) is -0.448. The third kappa shape index (κ3) is 3.73. The maximum absolute atomic E-state index is 12.8. The maximum atomic E-state index is 12.8. The van der Waals surface area contributed by atoms with E-state index in [1.165, 1.54) is 4.31 Å². The lowest BCUT2D eigenvalue weighted by Crippen LogP contribution is -2.37. The van der Waals surface area contributed by atoms with Gasteiger partial charge in [0.15, 0.2) is 0 Å². The standard InChI is InChI=1S/C24H22N4O3S/c29-24(25-14-16-32(30,31)28-15-13-18-5-1-3-7-22(18)28)19-9-11-20(12-10-19)27-17-26-21-6-2-4-8-23(21)27/h1-12,17H,13-16H2,(H,25,29). The van der Waals surface area contributed by atoms with Crippen molar-refractivity contribution < 1.29 is 13.2 Å². The lowest BCUT2D eigenvalue weighted by molar-refractivity contribution is 0.0956. The molecular formula is C24H22N4O3S. The molecule has 1 aliphatic rings. The van der Waals surface area contributed by atoms with E-state index in [0.29, 0.717) is 18.5 Å². The molecule has 2 heterocycles. The Hall–Kier alpha value is -3.65. The van der Waals surface area contributed by atoms with Gasteiger partial charge in [0.2, 0.25) is 10.0 Å². The molecule has 162 valence electrons. The summed E-state index contributed by atoms with van der Waals surface area (Å²) in [6, 6.07) is 22.5. The zero-order valence-electron chi connectivity index (χ0n) is 17.3. The highest BCUT2D eigenvalue weighted by molar-refractivity contribution is 7.92. The molecular weight excluding hydrogens is 424 g/mol. The van der Waals surface area contributed by atoms with E-state index in [0.717, 1.165) is 28.0 Å². The number of carbonyl (C=O) groups is 1.